The van der Waals surface area contributed by atoms with Crippen LogP contribution in [0.3, 0.4) is 0 Å². The lowest BCUT2D eigenvalue weighted by Gasteiger charge is -2.32. The molecule has 40 heavy (non-hydrogen) atoms. The number of nitrogens with zero attached hydrogens (tertiary/aromatic N) is 6. The Morgan fingerprint density at radius 1 is 1.02 bits per heavy atom. The van der Waals surface area contributed by atoms with Crippen LogP contribution in [0, 0.1) is 25.1 Å². The topological polar surface area (TPSA) is 70.8 Å². The molecule has 2 aliphatic rings. The first-order chi connectivity index (χ1) is 19.5. The lowest BCUT2D eigenvalue weighted by Crippen LogP contribution is -2.37. The second-order valence-corrected chi connectivity index (χ2v) is 10.1. The molecule has 5 heterocycles. The van der Waals surface area contributed by atoms with Crippen LogP contribution in [0.1, 0.15) is 18.4 Å². The predicted octanol–water partition coefficient (Wildman–Crippen LogP) is 5.75. The average molecular weight is 542 g/mol. The van der Waals surface area contributed by atoms with Gasteiger partial charge >= 0.3 is 0 Å². The van der Waals surface area contributed by atoms with Crippen molar-refractivity contribution in [3.8, 4) is 11.4 Å². The maximum Gasteiger partial charge on any atom is 0.227 e. The van der Waals surface area contributed by atoms with Gasteiger partial charge in [-0.2, -0.15) is 0 Å². The van der Waals surface area contributed by atoms with Crippen molar-refractivity contribution < 1.29 is 13.5 Å². The smallest absolute Gasteiger partial charge is 0.227 e. The molecule has 0 amide bonds. The van der Waals surface area contributed by atoms with Crippen LogP contribution in [0.4, 0.5) is 31.7 Å². The zero-order chi connectivity index (χ0) is 27.6. The van der Waals surface area contributed by atoms with Crippen molar-refractivity contribution in [3.63, 3.8) is 0 Å². The SMILES string of the molecule is [C-]#[N+]C1CCN(c2cnc(N3CCOCC3)c(Nc3c(C)c(-c4ccccn4)nc4cc(F)cc(F)c34)c2)CC1. The number of anilines is 4. The Morgan fingerprint density at radius 3 is 2.55 bits per heavy atom. The maximum absolute atomic E-state index is 15.4. The van der Waals surface area contributed by atoms with E-state index in [1.165, 1.54) is 6.07 Å². The number of hydrogen-bond donors (Lipinski definition) is 1. The Morgan fingerprint density at radius 2 is 1.82 bits per heavy atom. The highest BCUT2D eigenvalue weighted by Gasteiger charge is 2.26. The molecule has 3 aromatic heterocycles. The number of aromatic nitrogens is 3. The molecule has 204 valence electrons. The summed E-state index contributed by atoms with van der Waals surface area (Å²) in [5.41, 5.74) is 4.16. The lowest BCUT2D eigenvalue weighted by molar-refractivity contribution is 0.122. The van der Waals surface area contributed by atoms with Gasteiger partial charge in [0.1, 0.15) is 11.6 Å². The fraction of sp³-hybridized carbons (Fsp3) is 0.333. The Bertz CT molecular complexity index is 1580. The standard InChI is InChI=1S/C30H29F2N7O/c1-19-28(24-5-3-4-8-34-24)36-25-16-20(31)15-23(32)27(25)29(19)37-26-17-22(38-9-6-21(33-2)7-10-38)18-35-30(26)39-11-13-40-14-12-39/h3-5,8,15-18,21H,6-7,9-14H2,1H3,(H,36,37). The summed E-state index contributed by atoms with van der Waals surface area (Å²) >= 11 is 0. The van der Waals surface area contributed by atoms with Gasteiger partial charge in [-0.25, -0.2) is 25.3 Å². The third-order valence-electron chi connectivity index (χ3n) is 7.59. The highest BCUT2D eigenvalue weighted by Crippen LogP contribution is 2.39. The monoisotopic (exact) mass is 541 g/mol. The minimum Gasteiger partial charge on any atom is -0.378 e. The van der Waals surface area contributed by atoms with Crippen LogP contribution < -0.4 is 15.1 Å². The summed E-state index contributed by atoms with van der Waals surface area (Å²) in [7, 11) is 0. The van der Waals surface area contributed by atoms with Crippen LogP contribution in [-0.4, -0.2) is 60.4 Å². The van der Waals surface area contributed by atoms with Gasteiger partial charge in [-0.05, 0) is 25.1 Å². The normalized spacial score (nSPS) is 16.2. The molecular formula is C30H29F2N7O. The molecule has 0 spiro atoms. The zero-order valence-corrected chi connectivity index (χ0v) is 22.2. The molecule has 6 rings (SSSR count). The van der Waals surface area contributed by atoms with E-state index in [9.17, 15) is 4.39 Å². The van der Waals surface area contributed by atoms with Crippen LogP contribution >= 0.6 is 0 Å². The van der Waals surface area contributed by atoms with Crippen LogP contribution in [0.15, 0.2) is 48.8 Å². The number of morpholine rings is 1. The van der Waals surface area contributed by atoms with Gasteiger partial charge in [0, 0.05) is 62.9 Å². The molecule has 10 heteroatoms. The molecule has 2 fully saturated rings. The zero-order valence-electron chi connectivity index (χ0n) is 22.2. The van der Waals surface area contributed by atoms with Gasteiger partial charge in [0.25, 0.3) is 0 Å². The van der Waals surface area contributed by atoms with Crippen molar-refractivity contribution in [2.45, 2.75) is 25.8 Å². The lowest BCUT2D eigenvalue weighted by atomic mass is 10.0. The third kappa shape index (κ3) is 5.00. The number of piperidine rings is 1. The maximum atomic E-state index is 15.4. The number of halogens is 2. The van der Waals surface area contributed by atoms with Gasteiger partial charge in [0.2, 0.25) is 6.04 Å². The predicted molar refractivity (Wildman–Crippen MR) is 152 cm³/mol. The van der Waals surface area contributed by atoms with E-state index in [4.69, 9.17) is 16.3 Å². The summed E-state index contributed by atoms with van der Waals surface area (Å²) in [6.07, 6.45) is 5.13. The van der Waals surface area contributed by atoms with Gasteiger partial charge in [-0.1, -0.05) is 6.07 Å². The quantitative estimate of drug-likeness (QED) is 0.323. The highest BCUT2D eigenvalue weighted by molar-refractivity contribution is 5.99. The summed E-state index contributed by atoms with van der Waals surface area (Å²) in [6, 6.07) is 9.70. The molecule has 1 aromatic carbocycles. The van der Waals surface area contributed by atoms with Crippen molar-refractivity contribution in [2.24, 2.45) is 0 Å². The average Bonchev–Trinajstić information content (AvgIpc) is 2.99. The molecule has 0 saturated carbocycles. The number of benzene rings is 1. The van der Waals surface area contributed by atoms with Crippen LogP contribution in [-0.2, 0) is 4.74 Å². The molecule has 8 nitrogen and oxygen atoms in total. The molecular weight excluding hydrogens is 512 g/mol. The number of fused-ring (bicyclic) bond motifs is 1. The molecule has 0 atom stereocenters. The first-order valence-electron chi connectivity index (χ1n) is 13.4. The Balaban J connectivity index is 1.49. The first kappa shape index (κ1) is 25.9. The second kappa shape index (κ2) is 11.0. The van der Waals surface area contributed by atoms with Gasteiger partial charge in [-0.3, -0.25) is 4.98 Å². The molecule has 0 aliphatic carbocycles. The molecule has 1 N–H and O–H groups in total. The number of ether oxygens (including phenoxy) is 1. The molecule has 4 aromatic rings. The highest BCUT2D eigenvalue weighted by atomic mass is 19.1. The number of pyridine rings is 3. The van der Waals surface area contributed by atoms with E-state index in [-0.39, 0.29) is 16.9 Å². The Labute approximate surface area is 231 Å². The van der Waals surface area contributed by atoms with Crippen LogP contribution in [0.25, 0.3) is 27.1 Å². The second-order valence-electron chi connectivity index (χ2n) is 10.1. The summed E-state index contributed by atoms with van der Waals surface area (Å²) in [5, 5.41) is 3.70. The third-order valence-corrected chi connectivity index (χ3v) is 7.59. The minimum atomic E-state index is -0.695. The minimum absolute atomic E-state index is 0.0497. The van der Waals surface area contributed by atoms with E-state index in [1.807, 2.05) is 37.4 Å². The largest absolute Gasteiger partial charge is 0.378 e. The summed E-state index contributed by atoms with van der Waals surface area (Å²) in [5.74, 6) is -0.659. The van der Waals surface area contributed by atoms with Crippen molar-refractivity contribution >= 4 is 33.8 Å². The number of hydrogen-bond acceptors (Lipinski definition) is 7. The molecule has 0 unspecified atom stereocenters. The Kier molecular flexibility index (Phi) is 7.13. The summed E-state index contributed by atoms with van der Waals surface area (Å²) in [4.78, 5) is 22.0. The Hall–Kier alpha value is -4.36. The molecule has 0 bridgehead atoms. The van der Waals surface area contributed by atoms with E-state index in [0.717, 1.165) is 43.5 Å². The van der Waals surface area contributed by atoms with E-state index in [2.05, 4.69) is 29.9 Å². The van der Waals surface area contributed by atoms with E-state index < -0.39 is 11.6 Å². The van der Waals surface area contributed by atoms with Gasteiger partial charge < -0.3 is 24.7 Å². The number of nitrogens with one attached hydrogen (secondary N) is 1. The van der Waals surface area contributed by atoms with E-state index in [0.29, 0.717) is 54.6 Å². The van der Waals surface area contributed by atoms with Crippen LogP contribution in [0.2, 0.25) is 0 Å². The van der Waals surface area contributed by atoms with Crippen molar-refractivity contribution in [3.05, 3.63) is 77.4 Å². The summed E-state index contributed by atoms with van der Waals surface area (Å²) < 4.78 is 35.3. The van der Waals surface area contributed by atoms with Gasteiger partial charge in [0.15, 0.2) is 5.82 Å². The fourth-order valence-corrected chi connectivity index (χ4v) is 5.44. The van der Waals surface area contributed by atoms with Gasteiger partial charge in [0.05, 0.1) is 58.8 Å². The first-order valence-corrected chi connectivity index (χ1v) is 13.4. The van der Waals surface area contributed by atoms with E-state index >= 15 is 4.39 Å². The van der Waals surface area contributed by atoms with Crippen molar-refractivity contribution in [1.82, 2.24) is 15.0 Å². The molecule has 2 saturated heterocycles. The van der Waals surface area contributed by atoms with Crippen molar-refractivity contribution in [1.29, 1.82) is 0 Å². The number of rotatable bonds is 5. The van der Waals surface area contributed by atoms with Gasteiger partial charge in [-0.15, -0.1) is 0 Å². The van der Waals surface area contributed by atoms with Crippen molar-refractivity contribution in [2.75, 3.05) is 54.5 Å². The van der Waals surface area contributed by atoms with E-state index in [1.54, 1.807) is 6.20 Å². The van der Waals surface area contributed by atoms with Crippen LogP contribution in [0.5, 0.6) is 0 Å². The summed E-state index contributed by atoms with van der Waals surface area (Å²) in [6.45, 7) is 13.3. The molecule has 0 radical (unpaired) electrons. The fourth-order valence-electron chi connectivity index (χ4n) is 5.44. The molecule has 2 aliphatic heterocycles.